The number of sulfonamides is 1. The predicted octanol–water partition coefficient (Wildman–Crippen LogP) is 3.67. The lowest BCUT2D eigenvalue weighted by atomic mass is 9.98. The molecule has 30 heavy (non-hydrogen) atoms. The molecule has 0 spiro atoms. The van der Waals surface area contributed by atoms with Crippen LogP contribution in [0.5, 0.6) is 0 Å². The molecule has 1 aliphatic rings. The van der Waals surface area contributed by atoms with E-state index in [-0.39, 0.29) is 17.3 Å². The number of carbonyl (C=O) groups excluding carboxylic acids is 1. The van der Waals surface area contributed by atoms with Gasteiger partial charge in [0, 0.05) is 25.2 Å². The first-order valence-corrected chi connectivity index (χ1v) is 11.4. The fourth-order valence-corrected chi connectivity index (χ4v) is 4.74. The van der Waals surface area contributed by atoms with E-state index >= 15 is 0 Å². The van der Waals surface area contributed by atoms with Crippen molar-refractivity contribution in [3.05, 3.63) is 101 Å². The van der Waals surface area contributed by atoms with Gasteiger partial charge >= 0.3 is 0 Å². The van der Waals surface area contributed by atoms with Crippen molar-refractivity contribution in [1.82, 2.24) is 9.62 Å². The molecule has 1 N–H and O–H groups in total. The zero-order valence-electron chi connectivity index (χ0n) is 16.8. The Kier molecular flexibility index (Phi) is 5.70. The summed E-state index contributed by atoms with van der Waals surface area (Å²) in [7, 11) is -3.73. The monoisotopic (exact) mass is 420 g/mol. The topological polar surface area (TPSA) is 66.5 Å². The van der Waals surface area contributed by atoms with Gasteiger partial charge in [0.25, 0.3) is 5.91 Å². The summed E-state index contributed by atoms with van der Waals surface area (Å²) >= 11 is 0. The first-order chi connectivity index (χ1) is 14.4. The molecule has 0 saturated heterocycles. The van der Waals surface area contributed by atoms with Gasteiger partial charge in [-0.25, -0.2) is 13.1 Å². The Morgan fingerprint density at radius 2 is 1.67 bits per heavy atom. The van der Waals surface area contributed by atoms with Crippen LogP contribution >= 0.6 is 0 Å². The zero-order valence-corrected chi connectivity index (χ0v) is 17.7. The van der Waals surface area contributed by atoms with Crippen LogP contribution in [0.25, 0.3) is 0 Å². The van der Waals surface area contributed by atoms with Crippen molar-refractivity contribution in [2.45, 2.75) is 31.3 Å². The molecule has 0 radical (unpaired) electrons. The quantitative estimate of drug-likeness (QED) is 0.685. The Morgan fingerprint density at radius 1 is 0.967 bits per heavy atom. The van der Waals surface area contributed by atoms with E-state index in [2.05, 4.69) is 10.8 Å². The van der Waals surface area contributed by atoms with Crippen LogP contribution in [-0.4, -0.2) is 25.8 Å². The number of carbonyl (C=O) groups is 1. The van der Waals surface area contributed by atoms with E-state index in [1.807, 2.05) is 55.5 Å². The summed E-state index contributed by atoms with van der Waals surface area (Å²) in [5.41, 5.74) is 4.47. The molecule has 0 saturated carbocycles. The lowest BCUT2D eigenvalue weighted by Crippen LogP contribution is -2.36. The Morgan fingerprint density at radius 3 is 2.43 bits per heavy atom. The summed E-state index contributed by atoms with van der Waals surface area (Å²) in [6, 6.07) is 22.2. The number of nitrogens with zero attached hydrogens (tertiary/aromatic N) is 1. The number of nitrogens with one attached hydrogen (secondary N) is 1. The van der Waals surface area contributed by atoms with Crippen LogP contribution < -0.4 is 4.72 Å². The second-order valence-corrected chi connectivity index (χ2v) is 9.30. The molecule has 0 aromatic heterocycles. The smallest absolute Gasteiger partial charge is 0.254 e. The Bertz CT molecular complexity index is 1170. The summed E-state index contributed by atoms with van der Waals surface area (Å²) in [4.78, 5) is 15.1. The molecule has 1 aliphatic heterocycles. The SMILES string of the molecule is Cc1ccc(S(=O)(=O)NCc2ccccc2)cc1C(=O)N1CCc2ccccc2C1. The lowest BCUT2D eigenvalue weighted by molar-refractivity contribution is 0.0733. The Hall–Kier alpha value is -2.96. The number of fused-ring (bicyclic) bond motifs is 1. The van der Waals surface area contributed by atoms with Crippen LogP contribution in [0.1, 0.15) is 32.6 Å². The predicted molar refractivity (Wildman–Crippen MR) is 117 cm³/mol. The molecule has 0 bridgehead atoms. The standard InChI is InChI=1S/C24H24N2O3S/c1-18-11-12-22(30(28,29)25-16-19-7-3-2-4-8-19)15-23(18)24(27)26-14-13-20-9-5-6-10-21(20)17-26/h2-12,15,25H,13-14,16-17H2,1H3. The Balaban J connectivity index is 1.55. The van der Waals surface area contributed by atoms with E-state index in [1.54, 1.807) is 17.0 Å². The molecule has 0 aliphatic carbocycles. The van der Waals surface area contributed by atoms with Crippen molar-refractivity contribution in [2.24, 2.45) is 0 Å². The molecular weight excluding hydrogens is 396 g/mol. The lowest BCUT2D eigenvalue weighted by Gasteiger charge is -2.29. The second-order valence-electron chi connectivity index (χ2n) is 7.53. The van der Waals surface area contributed by atoms with E-state index in [0.29, 0.717) is 18.7 Å². The number of hydrogen-bond donors (Lipinski definition) is 1. The van der Waals surface area contributed by atoms with Gasteiger partial charge in [-0.1, -0.05) is 60.7 Å². The maximum Gasteiger partial charge on any atom is 0.254 e. The number of hydrogen-bond acceptors (Lipinski definition) is 3. The van der Waals surface area contributed by atoms with Crippen LogP contribution in [0.4, 0.5) is 0 Å². The van der Waals surface area contributed by atoms with E-state index in [4.69, 9.17) is 0 Å². The maximum absolute atomic E-state index is 13.2. The normalized spacial score (nSPS) is 13.7. The highest BCUT2D eigenvalue weighted by molar-refractivity contribution is 7.89. The molecule has 1 heterocycles. The molecule has 4 rings (SSSR count). The van der Waals surface area contributed by atoms with Crippen LogP contribution in [-0.2, 0) is 29.5 Å². The molecular formula is C24H24N2O3S. The Labute approximate surface area is 177 Å². The van der Waals surface area contributed by atoms with E-state index in [0.717, 1.165) is 23.1 Å². The molecule has 0 unspecified atom stereocenters. The number of benzene rings is 3. The molecule has 3 aromatic carbocycles. The van der Waals surface area contributed by atoms with Gasteiger partial charge < -0.3 is 4.90 Å². The summed E-state index contributed by atoms with van der Waals surface area (Å²) in [6.45, 7) is 3.19. The molecule has 0 fully saturated rings. The van der Waals surface area contributed by atoms with Gasteiger partial charge in [0.1, 0.15) is 0 Å². The van der Waals surface area contributed by atoms with Crippen molar-refractivity contribution in [2.75, 3.05) is 6.54 Å². The van der Waals surface area contributed by atoms with E-state index in [1.165, 1.54) is 11.6 Å². The van der Waals surface area contributed by atoms with Crippen molar-refractivity contribution in [3.63, 3.8) is 0 Å². The molecule has 3 aromatic rings. The largest absolute Gasteiger partial charge is 0.334 e. The van der Waals surface area contributed by atoms with Crippen molar-refractivity contribution in [1.29, 1.82) is 0 Å². The summed E-state index contributed by atoms with van der Waals surface area (Å²) in [5, 5.41) is 0. The number of rotatable bonds is 5. The van der Waals surface area contributed by atoms with Crippen molar-refractivity contribution in [3.8, 4) is 0 Å². The average Bonchev–Trinajstić information content (AvgIpc) is 2.78. The van der Waals surface area contributed by atoms with Crippen molar-refractivity contribution >= 4 is 15.9 Å². The highest BCUT2D eigenvalue weighted by Gasteiger charge is 2.24. The highest BCUT2D eigenvalue weighted by Crippen LogP contribution is 2.23. The van der Waals surface area contributed by atoms with Gasteiger partial charge in [-0.15, -0.1) is 0 Å². The van der Waals surface area contributed by atoms with Crippen molar-refractivity contribution < 1.29 is 13.2 Å². The van der Waals surface area contributed by atoms with Crippen LogP contribution in [0, 0.1) is 6.92 Å². The minimum Gasteiger partial charge on any atom is -0.334 e. The average molecular weight is 421 g/mol. The van der Waals surface area contributed by atoms with Crippen LogP contribution in [0.3, 0.4) is 0 Å². The third kappa shape index (κ3) is 4.30. The third-order valence-corrected chi connectivity index (χ3v) is 6.88. The van der Waals surface area contributed by atoms with Gasteiger partial charge in [0.05, 0.1) is 4.90 Å². The number of aryl methyl sites for hydroxylation is 1. The van der Waals surface area contributed by atoms with Gasteiger partial charge in [-0.05, 0) is 47.7 Å². The number of amides is 1. The zero-order chi connectivity index (χ0) is 21.1. The van der Waals surface area contributed by atoms with E-state index < -0.39 is 10.0 Å². The van der Waals surface area contributed by atoms with Gasteiger partial charge in [-0.2, -0.15) is 0 Å². The van der Waals surface area contributed by atoms with Gasteiger partial charge in [0.15, 0.2) is 0 Å². The fraction of sp³-hybridized carbons (Fsp3) is 0.208. The molecule has 5 nitrogen and oxygen atoms in total. The van der Waals surface area contributed by atoms with Gasteiger partial charge in [-0.3, -0.25) is 4.79 Å². The molecule has 154 valence electrons. The van der Waals surface area contributed by atoms with Crippen LogP contribution in [0.15, 0.2) is 77.7 Å². The minimum atomic E-state index is -3.73. The first kappa shape index (κ1) is 20.3. The summed E-state index contributed by atoms with van der Waals surface area (Å²) < 4.78 is 28.2. The third-order valence-electron chi connectivity index (χ3n) is 5.48. The van der Waals surface area contributed by atoms with Crippen LogP contribution in [0.2, 0.25) is 0 Å². The maximum atomic E-state index is 13.2. The summed E-state index contributed by atoms with van der Waals surface area (Å²) in [6.07, 6.45) is 0.803. The molecule has 0 atom stereocenters. The van der Waals surface area contributed by atoms with Gasteiger partial charge in [0.2, 0.25) is 10.0 Å². The fourth-order valence-electron chi connectivity index (χ4n) is 3.70. The highest BCUT2D eigenvalue weighted by atomic mass is 32.2. The van der Waals surface area contributed by atoms with E-state index in [9.17, 15) is 13.2 Å². The summed E-state index contributed by atoms with van der Waals surface area (Å²) in [5.74, 6) is -0.137. The minimum absolute atomic E-state index is 0.102. The molecule has 1 amide bonds. The first-order valence-electron chi connectivity index (χ1n) is 9.94. The second kappa shape index (κ2) is 8.42. The molecule has 6 heteroatoms.